The van der Waals surface area contributed by atoms with Crippen LogP contribution in [0.2, 0.25) is 5.15 Å². The zero-order valence-corrected chi connectivity index (χ0v) is 16.6. The van der Waals surface area contributed by atoms with E-state index in [0.717, 1.165) is 21.9 Å². The number of aryl methyl sites for hydroxylation is 1. The minimum Gasteiger partial charge on any atom is -0.456 e. The van der Waals surface area contributed by atoms with Gasteiger partial charge in [-0.25, -0.2) is 9.07 Å². The number of para-hydroxylation sites is 1. The van der Waals surface area contributed by atoms with Gasteiger partial charge in [-0.15, -0.1) is 0 Å². The van der Waals surface area contributed by atoms with E-state index in [1.54, 1.807) is 25.1 Å². The Morgan fingerprint density at radius 2 is 1.77 bits per heavy atom. The molecular formula is C23H15ClFN3O2. The molecule has 148 valence electrons. The second-order valence-electron chi connectivity index (χ2n) is 6.90. The van der Waals surface area contributed by atoms with E-state index in [1.165, 1.54) is 16.8 Å². The Bertz CT molecular complexity index is 1420. The Kier molecular flexibility index (Phi) is 4.29. The maximum absolute atomic E-state index is 13.2. The number of fused-ring (bicyclic) bond motifs is 3. The highest BCUT2D eigenvalue weighted by Crippen LogP contribution is 2.31. The summed E-state index contributed by atoms with van der Waals surface area (Å²) in [7, 11) is 0. The molecule has 0 radical (unpaired) electrons. The van der Waals surface area contributed by atoms with Crippen LogP contribution in [0.4, 0.5) is 10.1 Å². The molecule has 5 aromatic rings. The molecule has 30 heavy (non-hydrogen) atoms. The highest BCUT2D eigenvalue weighted by molar-refractivity contribution is 6.34. The van der Waals surface area contributed by atoms with Crippen molar-refractivity contribution in [2.24, 2.45) is 0 Å². The quantitative estimate of drug-likeness (QED) is 0.383. The summed E-state index contributed by atoms with van der Waals surface area (Å²) in [6, 6.07) is 18.9. The summed E-state index contributed by atoms with van der Waals surface area (Å²) in [5, 5.41) is 9.27. The first-order valence-corrected chi connectivity index (χ1v) is 9.63. The molecule has 5 rings (SSSR count). The number of hydrogen-bond donors (Lipinski definition) is 1. The van der Waals surface area contributed by atoms with Gasteiger partial charge < -0.3 is 9.73 Å². The highest BCUT2D eigenvalue weighted by Gasteiger charge is 2.21. The third kappa shape index (κ3) is 3.02. The zero-order valence-electron chi connectivity index (χ0n) is 15.8. The van der Waals surface area contributed by atoms with E-state index in [9.17, 15) is 9.18 Å². The molecule has 3 aromatic carbocycles. The molecular weight excluding hydrogens is 405 g/mol. The molecule has 0 atom stereocenters. The van der Waals surface area contributed by atoms with E-state index >= 15 is 0 Å². The number of nitrogens with zero attached hydrogens (tertiary/aromatic N) is 2. The second kappa shape index (κ2) is 7.00. The molecule has 0 spiro atoms. The van der Waals surface area contributed by atoms with Crippen LogP contribution in [0.3, 0.4) is 0 Å². The second-order valence-corrected chi connectivity index (χ2v) is 7.26. The number of rotatable bonds is 3. The number of furan rings is 1. The van der Waals surface area contributed by atoms with Gasteiger partial charge in [0.15, 0.2) is 0 Å². The monoisotopic (exact) mass is 419 g/mol. The summed E-state index contributed by atoms with van der Waals surface area (Å²) in [5.41, 5.74) is 3.44. The predicted molar refractivity (Wildman–Crippen MR) is 115 cm³/mol. The van der Waals surface area contributed by atoms with Crippen LogP contribution in [0, 0.1) is 12.7 Å². The summed E-state index contributed by atoms with van der Waals surface area (Å²) in [5.74, 6) is -0.739. The maximum Gasteiger partial charge on any atom is 0.260 e. The molecule has 1 N–H and O–H groups in total. The van der Waals surface area contributed by atoms with Gasteiger partial charge in [-0.3, -0.25) is 4.79 Å². The van der Waals surface area contributed by atoms with Gasteiger partial charge in [-0.2, -0.15) is 5.10 Å². The van der Waals surface area contributed by atoms with Crippen LogP contribution in [-0.2, 0) is 0 Å². The molecule has 5 nitrogen and oxygen atoms in total. The number of carbonyl (C=O) groups is 1. The average Bonchev–Trinajstić information content (AvgIpc) is 3.25. The van der Waals surface area contributed by atoms with Gasteiger partial charge in [0.1, 0.15) is 27.7 Å². The Morgan fingerprint density at radius 1 is 1.03 bits per heavy atom. The molecule has 0 aliphatic carbocycles. The molecule has 0 unspecified atom stereocenters. The molecule has 0 aliphatic heterocycles. The lowest BCUT2D eigenvalue weighted by Gasteiger charge is -2.06. The van der Waals surface area contributed by atoms with Gasteiger partial charge >= 0.3 is 0 Å². The van der Waals surface area contributed by atoms with Crippen molar-refractivity contribution in [1.82, 2.24) is 9.78 Å². The van der Waals surface area contributed by atoms with Crippen molar-refractivity contribution in [3.8, 4) is 5.69 Å². The first kappa shape index (κ1) is 18.4. The van der Waals surface area contributed by atoms with Gasteiger partial charge in [0, 0.05) is 16.5 Å². The lowest BCUT2D eigenvalue weighted by atomic mass is 10.1. The SMILES string of the molecule is Cc1nn(-c2ccc(F)cc2)c(Cl)c1C(=O)Nc1ccc2oc3ccccc3c2c1. The van der Waals surface area contributed by atoms with E-state index < -0.39 is 0 Å². The van der Waals surface area contributed by atoms with Crippen molar-refractivity contribution >= 4 is 45.1 Å². The van der Waals surface area contributed by atoms with Crippen LogP contribution in [0.15, 0.2) is 71.1 Å². The number of aromatic nitrogens is 2. The molecule has 0 saturated heterocycles. The van der Waals surface area contributed by atoms with E-state index in [0.29, 0.717) is 17.1 Å². The number of halogens is 2. The minimum absolute atomic E-state index is 0.159. The smallest absolute Gasteiger partial charge is 0.260 e. The van der Waals surface area contributed by atoms with Crippen molar-refractivity contribution in [2.75, 3.05) is 5.32 Å². The first-order valence-electron chi connectivity index (χ1n) is 9.25. The number of benzene rings is 3. The lowest BCUT2D eigenvalue weighted by molar-refractivity contribution is 0.102. The largest absolute Gasteiger partial charge is 0.456 e. The van der Waals surface area contributed by atoms with E-state index in [-0.39, 0.29) is 22.4 Å². The number of hydrogen-bond acceptors (Lipinski definition) is 3. The normalized spacial score (nSPS) is 11.3. The molecule has 0 aliphatic rings. The van der Waals surface area contributed by atoms with E-state index in [1.807, 2.05) is 36.4 Å². The van der Waals surface area contributed by atoms with Crippen molar-refractivity contribution in [2.45, 2.75) is 6.92 Å². The molecule has 2 heterocycles. The fourth-order valence-electron chi connectivity index (χ4n) is 3.51. The number of nitrogens with one attached hydrogen (secondary N) is 1. The molecule has 7 heteroatoms. The van der Waals surface area contributed by atoms with Gasteiger partial charge in [0.25, 0.3) is 5.91 Å². The Hall–Kier alpha value is -3.64. The van der Waals surface area contributed by atoms with Crippen molar-refractivity contribution < 1.29 is 13.6 Å². The fourth-order valence-corrected chi connectivity index (χ4v) is 3.87. The number of anilines is 1. The summed E-state index contributed by atoms with van der Waals surface area (Å²) in [4.78, 5) is 13.0. The third-order valence-corrected chi connectivity index (χ3v) is 5.29. The maximum atomic E-state index is 13.2. The van der Waals surface area contributed by atoms with Crippen LogP contribution in [0.1, 0.15) is 16.1 Å². The Labute approximate surface area is 175 Å². The zero-order chi connectivity index (χ0) is 20.8. The minimum atomic E-state index is -0.377. The van der Waals surface area contributed by atoms with Crippen LogP contribution in [0.25, 0.3) is 27.6 Å². The standard InChI is InChI=1S/C23H15ClFN3O2/c1-13-21(22(24)28(27-13)16-9-6-14(25)7-10-16)23(29)26-15-8-11-20-18(12-15)17-4-2-3-5-19(17)30-20/h2-12H,1H3,(H,26,29). The van der Waals surface area contributed by atoms with Crippen LogP contribution >= 0.6 is 11.6 Å². The average molecular weight is 420 g/mol. The van der Waals surface area contributed by atoms with Gasteiger partial charge in [-0.05, 0) is 55.5 Å². The molecule has 0 fully saturated rings. The van der Waals surface area contributed by atoms with Gasteiger partial charge in [0.2, 0.25) is 0 Å². The molecule has 0 bridgehead atoms. The van der Waals surface area contributed by atoms with Gasteiger partial charge in [0.05, 0.1) is 11.4 Å². The Morgan fingerprint density at radius 3 is 2.57 bits per heavy atom. The lowest BCUT2D eigenvalue weighted by Crippen LogP contribution is -2.13. The van der Waals surface area contributed by atoms with E-state index in [2.05, 4.69) is 10.4 Å². The molecule has 0 saturated carbocycles. The molecule has 1 amide bonds. The van der Waals surface area contributed by atoms with Crippen LogP contribution < -0.4 is 5.32 Å². The predicted octanol–water partition coefficient (Wildman–Crippen LogP) is 6.12. The summed E-state index contributed by atoms with van der Waals surface area (Å²) in [6.45, 7) is 1.70. The number of carbonyl (C=O) groups excluding carboxylic acids is 1. The highest BCUT2D eigenvalue weighted by atomic mass is 35.5. The molecule has 2 aromatic heterocycles. The van der Waals surface area contributed by atoms with Crippen LogP contribution in [0.5, 0.6) is 0 Å². The van der Waals surface area contributed by atoms with Crippen LogP contribution in [-0.4, -0.2) is 15.7 Å². The summed E-state index contributed by atoms with van der Waals surface area (Å²) < 4.78 is 20.4. The number of amides is 1. The van der Waals surface area contributed by atoms with Crippen molar-refractivity contribution in [1.29, 1.82) is 0 Å². The third-order valence-electron chi connectivity index (χ3n) is 4.94. The van der Waals surface area contributed by atoms with Gasteiger partial charge in [-0.1, -0.05) is 29.8 Å². The fraction of sp³-hybridized carbons (Fsp3) is 0.0435. The topological polar surface area (TPSA) is 60.1 Å². The summed E-state index contributed by atoms with van der Waals surface area (Å²) >= 11 is 6.45. The Balaban J connectivity index is 1.49. The summed E-state index contributed by atoms with van der Waals surface area (Å²) in [6.07, 6.45) is 0. The van der Waals surface area contributed by atoms with Crippen molar-refractivity contribution in [3.63, 3.8) is 0 Å². The first-order chi connectivity index (χ1) is 14.5. The van der Waals surface area contributed by atoms with E-state index in [4.69, 9.17) is 16.0 Å². The van der Waals surface area contributed by atoms with Crippen molar-refractivity contribution in [3.05, 3.63) is 89.0 Å².